The van der Waals surface area contributed by atoms with E-state index in [9.17, 15) is 4.79 Å². The number of aromatic nitrogens is 1. The van der Waals surface area contributed by atoms with Gasteiger partial charge < -0.3 is 0 Å². The topological polar surface area (TPSA) is 22.0 Å². The summed E-state index contributed by atoms with van der Waals surface area (Å²) in [6.45, 7) is 5.85. The molecule has 0 unspecified atom stereocenters. The van der Waals surface area contributed by atoms with E-state index in [0.29, 0.717) is 0 Å². The summed E-state index contributed by atoms with van der Waals surface area (Å²) in [6, 6.07) is 18.3. The zero-order valence-electron chi connectivity index (χ0n) is 12.6. The van der Waals surface area contributed by atoms with Crippen LogP contribution in [0.15, 0.2) is 60.8 Å². The molecule has 3 rings (SSSR count). The smallest absolute Gasteiger partial charge is 0.236 e. The molecular formula is C19H19NO. The first kappa shape index (κ1) is 13.6. The summed E-state index contributed by atoms with van der Waals surface area (Å²) in [7, 11) is 0. The number of carbonyl (C=O) groups excluding carboxylic acids is 1. The van der Waals surface area contributed by atoms with E-state index in [0.717, 1.165) is 22.0 Å². The van der Waals surface area contributed by atoms with Crippen molar-refractivity contribution in [3.63, 3.8) is 0 Å². The second-order valence-electron chi connectivity index (χ2n) is 6.35. The molecule has 0 aliphatic heterocycles. The van der Waals surface area contributed by atoms with Crippen molar-refractivity contribution in [3.8, 4) is 11.1 Å². The van der Waals surface area contributed by atoms with Crippen molar-refractivity contribution >= 4 is 16.8 Å². The third kappa shape index (κ3) is 2.38. The van der Waals surface area contributed by atoms with Crippen LogP contribution in [0.4, 0.5) is 0 Å². The fraction of sp³-hybridized carbons (Fsp3) is 0.211. The van der Waals surface area contributed by atoms with E-state index in [-0.39, 0.29) is 5.91 Å². The van der Waals surface area contributed by atoms with Crippen molar-refractivity contribution in [2.45, 2.75) is 20.8 Å². The van der Waals surface area contributed by atoms with Crippen LogP contribution in [0.3, 0.4) is 0 Å². The lowest BCUT2D eigenvalue weighted by Gasteiger charge is -2.17. The lowest BCUT2D eigenvalue weighted by atomic mass is 9.95. The second kappa shape index (κ2) is 4.88. The molecule has 0 spiro atoms. The highest BCUT2D eigenvalue weighted by Crippen LogP contribution is 2.32. The Labute approximate surface area is 125 Å². The number of benzene rings is 2. The Bertz CT molecular complexity index is 791. The molecule has 0 fully saturated rings. The molecule has 2 aromatic carbocycles. The van der Waals surface area contributed by atoms with Crippen LogP contribution >= 0.6 is 0 Å². The number of rotatable bonds is 1. The van der Waals surface area contributed by atoms with Gasteiger partial charge in [0, 0.05) is 22.6 Å². The van der Waals surface area contributed by atoms with Crippen LogP contribution < -0.4 is 0 Å². The van der Waals surface area contributed by atoms with Gasteiger partial charge in [0.05, 0.1) is 5.52 Å². The predicted octanol–water partition coefficient (Wildman–Crippen LogP) is 4.99. The molecule has 0 atom stereocenters. The largest absolute Gasteiger partial charge is 0.286 e. The Kier molecular flexibility index (Phi) is 3.17. The number of hydrogen-bond donors (Lipinski definition) is 0. The van der Waals surface area contributed by atoms with E-state index < -0.39 is 5.41 Å². The number of carbonyl (C=O) groups is 1. The van der Waals surface area contributed by atoms with Crippen molar-refractivity contribution in [3.05, 3.63) is 60.8 Å². The van der Waals surface area contributed by atoms with Crippen molar-refractivity contribution in [1.82, 2.24) is 4.57 Å². The van der Waals surface area contributed by atoms with Gasteiger partial charge in [0.25, 0.3) is 0 Å². The van der Waals surface area contributed by atoms with Gasteiger partial charge in [0.2, 0.25) is 5.91 Å². The molecule has 106 valence electrons. The first-order chi connectivity index (χ1) is 9.98. The maximum Gasteiger partial charge on any atom is 0.236 e. The number of para-hydroxylation sites is 1. The molecule has 1 aromatic heterocycles. The maximum atomic E-state index is 12.7. The van der Waals surface area contributed by atoms with E-state index >= 15 is 0 Å². The fourth-order valence-electron chi connectivity index (χ4n) is 2.56. The van der Waals surface area contributed by atoms with E-state index in [4.69, 9.17) is 0 Å². The van der Waals surface area contributed by atoms with Crippen LogP contribution in [0.1, 0.15) is 25.6 Å². The van der Waals surface area contributed by atoms with Gasteiger partial charge in [-0.3, -0.25) is 9.36 Å². The van der Waals surface area contributed by atoms with Gasteiger partial charge in [-0.25, -0.2) is 0 Å². The fourth-order valence-corrected chi connectivity index (χ4v) is 2.56. The normalized spacial score (nSPS) is 11.8. The molecular weight excluding hydrogens is 258 g/mol. The van der Waals surface area contributed by atoms with Crippen molar-refractivity contribution in [2.75, 3.05) is 0 Å². The molecule has 2 nitrogen and oxygen atoms in total. The first-order valence-electron chi connectivity index (χ1n) is 7.19. The van der Waals surface area contributed by atoms with E-state index in [2.05, 4.69) is 18.2 Å². The Morgan fingerprint density at radius 3 is 2.19 bits per heavy atom. The summed E-state index contributed by atoms with van der Waals surface area (Å²) in [4.78, 5) is 12.7. The number of fused-ring (bicyclic) bond motifs is 1. The molecule has 0 saturated carbocycles. The molecule has 1 heterocycles. The van der Waals surface area contributed by atoms with Crippen LogP contribution in [0, 0.1) is 5.41 Å². The maximum absolute atomic E-state index is 12.7. The minimum absolute atomic E-state index is 0.112. The van der Waals surface area contributed by atoms with E-state index in [1.165, 1.54) is 0 Å². The highest BCUT2D eigenvalue weighted by Gasteiger charge is 2.25. The third-order valence-electron chi connectivity index (χ3n) is 3.66. The summed E-state index contributed by atoms with van der Waals surface area (Å²) in [6.07, 6.45) is 1.97. The molecule has 0 N–H and O–H groups in total. The number of nitrogens with zero attached hydrogens (tertiary/aromatic N) is 1. The van der Waals surface area contributed by atoms with Crippen LogP contribution in [-0.2, 0) is 0 Å². The Hall–Kier alpha value is -2.35. The zero-order valence-corrected chi connectivity index (χ0v) is 12.6. The van der Waals surface area contributed by atoms with E-state index in [1.807, 2.05) is 63.4 Å². The molecule has 0 aliphatic carbocycles. The summed E-state index contributed by atoms with van der Waals surface area (Å²) < 4.78 is 1.79. The number of hydrogen-bond acceptors (Lipinski definition) is 1. The standard InChI is InChI=1S/C19H19NO/c1-19(2,3)18(21)20-13-16(14-9-5-4-6-10-14)15-11-7-8-12-17(15)20/h4-13H,1-3H3. The highest BCUT2D eigenvalue weighted by molar-refractivity contribution is 6.02. The summed E-state index contributed by atoms with van der Waals surface area (Å²) in [5.41, 5.74) is 2.80. The third-order valence-corrected chi connectivity index (χ3v) is 3.66. The zero-order chi connectivity index (χ0) is 15.0. The van der Waals surface area contributed by atoms with Crippen molar-refractivity contribution in [1.29, 1.82) is 0 Å². The Morgan fingerprint density at radius 2 is 1.52 bits per heavy atom. The molecule has 0 aliphatic rings. The average Bonchev–Trinajstić information content (AvgIpc) is 2.86. The molecule has 0 bridgehead atoms. The Morgan fingerprint density at radius 1 is 0.905 bits per heavy atom. The average molecular weight is 277 g/mol. The van der Waals surface area contributed by atoms with Crippen molar-refractivity contribution in [2.24, 2.45) is 5.41 Å². The van der Waals surface area contributed by atoms with Crippen LogP contribution in [0.5, 0.6) is 0 Å². The summed E-state index contributed by atoms with van der Waals surface area (Å²) in [5, 5.41) is 1.11. The van der Waals surface area contributed by atoms with Gasteiger partial charge in [-0.1, -0.05) is 69.3 Å². The van der Waals surface area contributed by atoms with E-state index in [1.54, 1.807) is 4.57 Å². The molecule has 0 amide bonds. The van der Waals surface area contributed by atoms with Crippen molar-refractivity contribution < 1.29 is 4.79 Å². The Balaban J connectivity index is 2.27. The minimum Gasteiger partial charge on any atom is -0.286 e. The lowest BCUT2D eigenvalue weighted by molar-refractivity contribution is 0.0773. The molecule has 3 aromatic rings. The summed E-state index contributed by atoms with van der Waals surface area (Å²) >= 11 is 0. The lowest BCUT2D eigenvalue weighted by Crippen LogP contribution is -2.25. The van der Waals surface area contributed by atoms with Gasteiger partial charge in [0.15, 0.2) is 0 Å². The second-order valence-corrected chi connectivity index (χ2v) is 6.35. The molecule has 0 saturated heterocycles. The predicted molar refractivity (Wildman–Crippen MR) is 87.5 cm³/mol. The van der Waals surface area contributed by atoms with Crippen LogP contribution in [-0.4, -0.2) is 10.5 Å². The van der Waals surface area contributed by atoms with Crippen LogP contribution in [0.2, 0.25) is 0 Å². The SMILES string of the molecule is CC(C)(C)C(=O)n1cc(-c2ccccc2)c2ccccc21. The van der Waals surface area contributed by atoms with Gasteiger partial charge in [-0.2, -0.15) is 0 Å². The first-order valence-corrected chi connectivity index (χ1v) is 7.19. The molecule has 21 heavy (non-hydrogen) atoms. The monoisotopic (exact) mass is 277 g/mol. The molecule has 2 heteroatoms. The van der Waals surface area contributed by atoms with Gasteiger partial charge in [0.1, 0.15) is 0 Å². The quantitative estimate of drug-likeness (QED) is 0.614. The summed E-state index contributed by atoms with van der Waals surface area (Å²) in [5.74, 6) is 0.112. The van der Waals surface area contributed by atoms with Crippen LogP contribution in [0.25, 0.3) is 22.0 Å². The van der Waals surface area contributed by atoms with Gasteiger partial charge in [-0.15, -0.1) is 0 Å². The highest BCUT2D eigenvalue weighted by atomic mass is 16.2. The van der Waals surface area contributed by atoms with Gasteiger partial charge in [-0.05, 0) is 11.6 Å². The minimum atomic E-state index is -0.407. The molecule has 0 radical (unpaired) electrons. The van der Waals surface area contributed by atoms with Gasteiger partial charge >= 0.3 is 0 Å².